The number of rotatable bonds is 5. The van der Waals surface area contributed by atoms with Crippen LogP contribution in [0.5, 0.6) is 0 Å². The number of hydrogen-bond acceptors (Lipinski definition) is 4. The highest BCUT2D eigenvalue weighted by molar-refractivity contribution is 8.14. The standard InChI is InChI=1S/C16H22N2O2S/c1-4-18(11-16(2,3)20)15(19)13-10-21-14(17-13)12-8-6-5-7-9-12/h5-9,13,20H,4,10-11H2,1-3H3. The number of benzene rings is 1. The molecule has 5 heteroatoms. The molecule has 0 aliphatic carbocycles. The molecule has 21 heavy (non-hydrogen) atoms. The van der Waals surface area contributed by atoms with Crippen molar-refractivity contribution < 1.29 is 9.90 Å². The van der Waals surface area contributed by atoms with Gasteiger partial charge >= 0.3 is 0 Å². The second-order valence-corrected chi connectivity index (χ2v) is 6.80. The highest BCUT2D eigenvalue weighted by Crippen LogP contribution is 2.24. The average Bonchev–Trinajstić information content (AvgIpc) is 2.94. The average molecular weight is 306 g/mol. The molecule has 1 heterocycles. The smallest absolute Gasteiger partial charge is 0.248 e. The first-order valence-electron chi connectivity index (χ1n) is 7.18. The van der Waals surface area contributed by atoms with Gasteiger partial charge in [-0.15, -0.1) is 11.8 Å². The van der Waals surface area contributed by atoms with Crippen molar-refractivity contribution in [2.45, 2.75) is 32.4 Å². The Hall–Kier alpha value is -1.33. The summed E-state index contributed by atoms with van der Waals surface area (Å²) in [6, 6.07) is 9.59. The molecule has 0 saturated heterocycles. The van der Waals surface area contributed by atoms with E-state index in [-0.39, 0.29) is 11.9 Å². The summed E-state index contributed by atoms with van der Waals surface area (Å²) in [5.74, 6) is 0.670. The van der Waals surface area contributed by atoms with Gasteiger partial charge in [0, 0.05) is 24.4 Å². The van der Waals surface area contributed by atoms with Gasteiger partial charge in [-0.25, -0.2) is 0 Å². The zero-order valence-electron chi connectivity index (χ0n) is 12.7. The highest BCUT2D eigenvalue weighted by Gasteiger charge is 2.31. The van der Waals surface area contributed by atoms with Crippen LogP contribution in [0.3, 0.4) is 0 Å². The highest BCUT2D eigenvalue weighted by atomic mass is 32.2. The molecule has 1 aromatic rings. The zero-order chi connectivity index (χ0) is 15.5. The second kappa shape index (κ2) is 6.62. The van der Waals surface area contributed by atoms with E-state index < -0.39 is 5.60 Å². The maximum Gasteiger partial charge on any atom is 0.248 e. The van der Waals surface area contributed by atoms with Crippen LogP contribution in [-0.4, -0.2) is 51.4 Å². The van der Waals surface area contributed by atoms with Crippen molar-refractivity contribution in [3.8, 4) is 0 Å². The van der Waals surface area contributed by atoms with E-state index >= 15 is 0 Å². The third-order valence-electron chi connectivity index (χ3n) is 3.23. The van der Waals surface area contributed by atoms with Crippen LogP contribution in [0.1, 0.15) is 26.3 Å². The number of carbonyl (C=O) groups excluding carboxylic acids is 1. The minimum absolute atomic E-state index is 0.00180. The maximum atomic E-state index is 12.5. The van der Waals surface area contributed by atoms with Crippen LogP contribution in [0.25, 0.3) is 0 Å². The lowest BCUT2D eigenvalue weighted by molar-refractivity contribution is -0.134. The van der Waals surface area contributed by atoms with Gasteiger partial charge in [-0.3, -0.25) is 9.79 Å². The maximum absolute atomic E-state index is 12.5. The fraction of sp³-hybridized carbons (Fsp3) is 0.500. The second-order valence-electron chi connectivity index (χ2n) is 5.79. The van der Waals surface area contributed by atoms with E-state index in [1.54, 1.807) is 30.5 Å². The van der Waals surface area contributed by atoms with Gasteiger partial charge < -0.3 is 10.0 Å². The van der Waals surface area contributed by atoms with Gasteiger partial charge in [0.2, 0.25) is 5.91 Å². The van der Waals surface area contributed by atoms with E-state index in [0.717, 1.165) is 10.6 Å². The van der Waals surface area contributed by atoms with Crippen molar-refractivity contribution >= 4 is 22.7 Å². The minimum Gasteiger partial charge on any atom is -0.389 e. The van der Waals surface area contributed by atoms with Crippen molar-refractivity contribution in [1.82, 2.24) is 4.90 Å². The molecule has 1 N–H and O–H groups in total. The van der Waals surface area contributed by atoms with E-state index in [0.29, 0.717) is 18.8 Å². The Bertz CT molecular complexity index is 523. The largest absolute Gasteiger partial charge is 0.389 e. The van der Waals surface area contributed by atoms with E-state index in [9.17, 15) is 9.90 Å². The Morgan fingerprint density at radius 2 is 2.10 bits per heavy atom. The van der Waals surface area contributed by atoms with Crippen LogP contribution in [0.15, 0.2) is 35.3 Å². The molecule has 1 aliphatic heterocycles. The lowest BCUT2D eigenvalue weighted by Crippen LogP contribution is -2.46. The summed E-state index contributed by atoms with van der Waals surface area (Å²) in [6.45, 7) is 6.27. The van der Waals surface area contributed by atoms with Crippen molar-refractivity contribution in [2.75, 3.05) is 18.8 Å². The zero-order valence-corrected chi connectivity index (χ0v) is 13.6. The Morgan fingerprint density at radius 1 is 1.43 bits per heavy atom. The first-order chi connectivity index (χ1) is 9.90. The summed E-state index contributed by atoms with van der Waals surface area (Å²) in [6.07, 6.45) is 0. The van der Waals surface area contributed by atoms with Gasteiger partial charge in [0.25, 0.3) is 0 Å². The molecule has 2 rings (SSSR count). The Morgan fingerprint density at radius 3 is 2.67 bits per heavy atom. The van der Waals surface area contributed by atoms with Crippen molar-refractivity contribution in [3.63, 3.8) is 0 Å². The molecule has 1 atom stereocenters. The molecular formula is C16H22N2O2S. The molecule has 0 saturated carbocycles. The summed E-state index contributed by atoms with van der Waals surface area (Å²) >= 11 is 1.62. The predicted octanol–water partition coefficient (Wildman–Crippen LogP) is 2.17. The summed E-state index contributed by atoms with van der Waals surface area (Å²) in [4.78, 5) is 18.8. The molecular weight excluding hydrogens is 284 g/mol. The van der Waals surface area contributed by atoms with Crippen LogP contribution >= 0.6 is 11.8 Å². The van der Waals surface area contributed by atoms with Crippen LogP contribution in [-0.2, 0) is 4.79 Å². The molecule has 4 nitrogen and oxygen atoms in total. The third kappa shape index (κ3) is 4.32. The molecule has 0 aromatic heterocycles. The van der Waals surface area contributed by atoms with Crippen molar-refractivity contribution in [2.24, 2.45) is 4.99 Å². The fourth-order valence-electron chi connectivity index (χ4n) is 2.26. The van der Waals surface area contributed by atoms with Crippen LogP contribution in [0.2, 0.25) is 0 Å². The Labute approximate surface area is 130 Å². The van der Waals surface area contributed by atoms with E-state index in [1.807, 2.05) is 37.3 Å². The number of aliphatic imine (C=N–C) groups is 1. The number of amides is 1. The summed E-state index contributed by atoms with van der Waals surface area (Å²) in [7, 11) is 0. The predicted molar refractivity (Wildman–Crippen MR) is 87.8 cm³/mol. The van der Waals surface area contributed by atoms with E-state index in [4.69, 9.17) is 0 Å². The third-order valence-corrected chi connectivity index (χ3v) is 4.32. The van der Waals surface area contributed by atoms with Gasteiger partial charge in [-0.2, -0.15) is 0 Å². The number of nitrogens with zero attached hydrogens (tertiary/aromatic N) is 2. The summed E-state index contributed by atoms with van der Waals surface area (Å²) in [5, 5.41) is 10.8. The number of carbonyl (C=O) groups is 1. The topological polar surface area (TPSA) is 52.9 Å². The number of thioether (sulfide) groups is 1. The van der Waals surface area contributed by atoms with Gasteiger partial charge in [-0.1, -0.05) is 30.3 Å². The lowest BCUT2D eigenvalue weighted by Gasteiger charge is -2.29. The normalized spacial score (nSPS) is 18.5. The number of aliphatic hydroxyl groups is 1. The van der Waals surface area contributed by atoms with Crippen LogP contribution in [0.4, 0.5) is 0 Å². The molecule has 1 unspecified atom stereocenters. The molecule has 1 aromatic carbocycles. The van der Waals surface area contributed by atoms with Crippen LogP contribution < -0.4 is 0 Å². The molecule has 1 amide bonds. The van der Waals surface area contributed by atoms with Crippen molar-refractivity contribution in [3.05, 3.63) is 35.9 Å². The van der Waals surface area contributed by atoms with E-state index in [2.05, 4.69) is 4.99 Å². The van der Waals surface area contributed by atoms with Crippen LogP contribution in [0, 0.1) is 0 Å². The molecule has 0 spiro atoms. The monoisotopic (exact) mass is 306 g/mol. The molecule has 0 bridgehead atoms. The SMILES string of the molecule is CCN(CC(C)(C)O)C(=O)C1CSC(c2ccccc2)=N1. The molecule has 114 valence electrons. The minimum atomic E-state index is -0.886. The first kappa shape index (κ1) is 16.0. The lowest BCUT2D eigenvalue weighted by atomic mass is 10.1. The summed E-state index contributed by atoms with van der Waals surface area (Å²) in [5.41, 5.74) is 0.173. The van der Waals surface area contributed by atoms with E-state index in [1.165, 1.54) is 0 Å². The first-order valence-corrected chi connectivity index (χ1v) is 8.16. The number of likely N-dealkylation sites (N-methyl/N-ethyl adjacent to an activating group) is 1. The van der Waals surface area contributed by atoms with Gasteiger partial charge in [-0.05, 0) is 20.8 Å². The van der Waals surface area contributed by atoms with Gasteiger partial charge in [0.1, 0.15) is 6.04 Å². The fourth-order valence-corrected chi connectivity index (χ4v) is 3.30. The summed E-state index contributed by atoms with van der Waals surface area (Å²) < 4.78 is 0. The van der Waals surface area contributed by atoms with Gasteiger partial charge in [0.15, 0.2) is 0 Å². The number of hydrogen-bond donors (Lipinski definition) is 1. The van der Waals surface area contributed by atoms with Gasteiger partial charge in [0.05, 0.1) is 10.6 Å². The molecule has 0 fully saturated rings. The Balaban J connectivity index is 2.09. The quantitative estimate of drug-likeness (QED) is 0.907. The molecule has 0 radical (unpaired) electrons. The Kier molecular flexibility index (Phi) is 5.06. The molecule has 1 aliphatic rings. The van der Waals surface area contributed by atoms with Crippen molar-refractivity contribution in [1.29, 1.82) is 0 Å².